The van der Waals surface area contributed by atoms with Gasteiger partial charge in [-0.1, -0.05) is 13.0 Å². The molecule has 13 heteroatoms. The van der Waals surface area contributed by atoms with Gasteiger partial charge in [0.2, 0.25) is 17.7 Å². The fraction of sp³-hybridized carbons (Fsp3) is 0.345. The number of amides is 3. The van der Waals surface area contributed by atoms with Crippen molar-refractivity contribution in [2.45, 2.75) is 45.4 Å². The molecule has 216 valence electrons. The maximum absolute atomic E-state index is 14.7. The first-order valence-electron chi connectivity index (χ1n) is 13.6. The lowest BCUT2D eigenvalue weighted by atomic mass is 9.98. The van der Waals surface area contributed by atoms with E-state index in [1.807, 2.05) is 24.3 Å². The normalized spacial score (nSPS) is 20.0. The van der Waals surface area contributed by atoms with Crippen molar-refractivity contribution in [1.82, 2.24) is 29.4 Å². The van der Waals surface area contributed by atoms with Crippen LogP contribution >= 0.6 is 0 Å². The van der Waals surface area contributed by atoms with Crippen molar-refractivity contribution in [1.29, 1.82) is 0 Å². The minimum Gasteiger partial charge on any atom is -0.337 e. The van der Waals surface area contributed by atoms with Gasteiger partial charge in [-0.05, 0) is 37.1 Å². The summed E-state index contributed by atoms with van der Waals surface area (Å²) in [5.41, 5.74) is 3.46. The Balaban J connectivity index is 1.25. The van der Waals surface area contributed by atoms with Crippen LogP contribution in [0.25, 0.3) is 22.0 Å². The molecule has 2 N–H and O–H groups in total. The van der Waals surface area contributed by atoms with Crippen LogP contribution in [-0.4, -0.2) is 71.7 Å². The fourth-order valence-electron chi connectivity index (χ4n) is 5.75. The van der Waals surface area contributed by atoms with Crippen molar-refractivity contribution >= 4 is 46.0 Å². The number of anilines is 2. The predicted molar refractivity (Wildman–Crippen MR) is 151 cm³/mol. The molecule has 6 rings (SSSR count). The summed E-state index contributed by atoms with van der Waals surface area (Å²) in [6.07, 6.45) is 3.70. The van der Waals surface area contributed by atoms with Gasteiger partial charge < -0.3 is 20.1 Å². The number of ketones is 1. The van der Waals surface area contributed by atoms with E-state index in [0.717, 1.165) is 11.1 Å². The van der Waals surface area contributed by atoms with Crippen LogP contribution in [0.5, 0.6) is 0 Å². The van der Waals surface area contributed by atoms with E-state index in [2.05, 4.69) is 25.9 Å². The number of carbonyl (C=O) groups excluding carboxylic acids is 4. The van der Waals surface area contributed by atoms with Gasteiger partial charge in [0.05, 0.1) is 18.9 Å². The number of Topliss-reactive ketones (excluding diaryl/α,β-unsaturated/α-hetero) is 1. The third kappa shape index (κ3) is 4.80. The van der Waals surface area contributed by atoms with Crippen molar-refractivity contribution in [2.24, 2.45) is 13.0 Å². The summed E-state index contributed by atoms with van der Waals surface area (Å²) >= 11 is 0. The minimum absolute atomic E-state index is 0.132. The number of aromatic nitrogens is 5. The number of likely N-dealkylation sites (tertiary alicyclic amines) is 1. The Bertz CT molecular complexity index is 1750. The van der Waals surface area contributed by atoms with Gasteiger partial charge >= 0.3 is 0 Å². The van der Waals surface area contributed by atoms with Gasteiger partial charge in [0.1, 0.15) is 24.6 Å². The van der Waals surface area contributed by atoms with Crippen LogP contribution in [0.2, 0.25) is 0 Å². The van der Waals surface area contributed by atoms with Crippen molar-refractivity contribution in [3.8, 4) is 11.1 Å². The molecule has 3 atom stereocenters. The van der Waals surface area contributed by atoms with Crippen LogP contribution in [0, 0.1) is 5.92 Å². The molecule has 2 unspecified atom stereocenters. The van der Waals surface area contributed by atoms with Crippen LogP contribution in [0.4, 0.5) is 16.0 Å². The molecule has 1 saturated heterocycles. The number of nitrogens with one attached hydrogen (secondary N) is 2. The second-order valence-electron chi connectivity index (χ2n) is 10.9. The molecule has 3 amide bonds. The predicted octanol–water partition coefficient (Wildman–Crippen LogP) is 2.74. The smallest absolute Gasteiger partial charge is 0.248 e. The second-order valence-corrected chi connectivity index (χ2v) is 10.9. The number of alkyl halides is 1. The maximum Gasteiger partial charge on any atom is 0.248 e. The Hall–Kier alpha value is -4.94. The number of nitrogens with zero attached hydrogens (tertiary/aromatic N) is 6. The Morgan fingerprint density at radius 2 is 1.98 bits per heavy atom. The van der Waals surface area contributed by atoms with E-state index in [1.165, 1.54) is 16.5 Å². The summed E-state index contributed by atoms with van der Waals surface area (Å²) in [7, 11) is 1.65. The molecule has 4 aromatic rings. The highest BCUT2D eigenvalue weighted by Gasteiger charge is 2.41. The number of aryl methyl sites for hydroxylation is 1. The van der Waals surface area contributed by atoms with E-state index in [4.69, 9.17) is 0 Å². The summed E-state index contributed by atoms with van der Waals surface area (Å²) in [6.45, 7) is 2.83. The van der Waals surface area contributed by atoms with Gasteiger partial charge in [0.25, 0.3) is 0 Å². The summed E-state index contributed by atoms with van der Waals surface area (Å²) in [4.78, 5) is 52.8. The SMILES string of the molecule is CC(=O)c1cn(CC(=O)N2CC(F)C[C@H]2C(=O)Nc2nn(C)c3c2CC(C)C(=O)N3)c2ccc(-c3ccnnc3)cc12. The highest BCUT2D eigenvalue weighted by Crippen LogP contribution is 2.32. The van der Waals surface area contributed by atoms with Crippen molar-refractivity contribution in [3.63, 3.8) is 0 Å². The number of hydrogen-bond donors (Lipinski definition) is 2. The molecular formula is C29H29FN8O4. The highest BCUT2D eigenvalue weighted by molar-refractivity contribution is 6.08. The van der Waals surface area contributed by atoms with Crippen LogP contribution in [0.3, 0.4) is 0 Å². The van der Waals surface area contributed by atoms with Crippen molar-refractivity contribution < 1.29 is 23.6 Å². The minimum atomic E-state index is -1.37. The van der Waals surface area contributed by atoms with Gasteiger partial charge in [-0.15, -0.1) is 0 Å². The van der Waals surface area contributed by atoms with Crippen LogP contribution < -0.4 is 10.6 Å². The summed E-state index contributed by atoms with van der Waals surface area (Å²) in [5.74, 6) is -0.817. The molecule has 2 aliphatic rings. The van der Waals surface area contributed by atoms with E-state index in [-0.39, 0.29) is 42.9 Å². The molecule has 5 heterocycles. The molecule has 0 aliphatic carbocycles. The van der Waals surface area contributed by atoms with Crippen LogP contribution in [0.15, 0.2) is 42.9 Å². The number of benzene rings is 1. The molecule has 3 aromatic heterocycles. The Morgan fingerprint density at radius 1 is 1.17 bits per heavy atom. The molecule has 2 aliphatic heterocycles. The number of carbonyl (C=O) groups is 4. The average Bonchev–Trinajstić information content (AvgIpc) is 3.63. The number of halogens is 1. The van der Waals surface area contributed by atoms with Crippen LogP contribution in [0.1, 0.15) is 36.2 Å². The number of rotatable bonds is 6. The third-order valence-corrected chi connectivity index (χ3v) is 7.94. The van der Waals surface area contributed by atoms with E-state index in [0.29, 0.717) is 34.3 Å². The Morgan fingerprint density at radius 3 is 2.71 bits per heavy atom. The first-order chi connectivity index (χ1) is 20.1. The van der Waals surface area contributed by atoms with Crippen molar-refractivity contribution in [3.05, 3.63) is 54.0 Å². The molecular weight excluding hydrogens is 543 g/mol. The molecule has 1 aromatic carbocycles. The third-order valence-electron chi connectivity index (χ3n) is 7.94. The maximum atomic E-state index is 14.7. The molecule has 0 spiro atoms. The second kappa shape index (κ2) is 10.5. The van der Waals surface area contributed by atoms with Gasteiger partial charge in [-0.25, -0.2) is 4.39 Å². The Labute approximate surface area is 239 Å². The summed E-state index contributed by atoms with van der Waals surface area (Å²) in [5, 5.41) is 18.3. The topological polar surface area (TPSA) is 144 Å². The number of fused-ring (bicyclic) bond motifs is 2. The van der Waals surface area contributed by atoms with Gasteiger partial charge in [-0.3, -0.25) is 23.9 Å². The summed E-state index contributed by atoms with van der Waals surface area (Å²) < 4.78 is 17.8. The molecule has 1 fully saturated rings. The standard InChI is InChI=1S/C29H29FN8O4/c1-15-8-21-26(35-36(3)27(21)34-28(15)41)33-29(42)24-10-19(30)12-38(24)25(40)14-37-13-22(16(2)39)20-9-17(4-5-23(20)37)18-6-7-31-32-11-18/h4-7,9,11,13,15,19,24H,8,10,12,14H2,1-3H3,(H,34,41)(H,33,35,42)/t15?,19?,24-/m0/s1. The van der Waals surface area contributed by atoms with Gasteiger partial charge in [0.15, 0.2) is 11.6 Å². The van der Waals surface area contributed by atoms with E-state index >= 15 is 0 Å². The molecule has 0 radical (unpaired) electrons. The van der Waals surface area contributed by atoms with Gasteiger partial charge in [-0.2, -0.15) is 15.3 Å². The molecule has 42 heavy (non-hydrogen) atoms. The first-order valence-corrected chi connectivity index (χ1v) is 13.6. The molecule has 0 bridgehead atoms. The fourth-order valence-corrected chi connectivity index (χ4v) is 5.75. The molecule has 0 saturated carbocycles. The largest absolute Gasteiger partial charge is 0.337 e. The van der Waals surface area contributed by atoms with Crippen LogP contribution in [-0.2, 0) is 34.4 Å². The number of hydrogen-bond acceptors (Lipinski definition) is 7. The monoisotopic (exact) mass is 572 g/mol. The van der Waals surface area contributed by atoms with Gasteiger partial charge in [0, 0.05) is 53.2 Å². The van der Waals surface area contributed by atoms with Crippen molar-refractivity contribution in [2.75, 3.05) is 17.2 Å². The highest BCUT2D eigenvalue weighted by atomic mass is 19.1. The first kappa shape index (κ1) is 27.2. The van der Waals surface area contributed by atoms with E-state index in [1.54, 1.807) is 37.1 Å². The molecule has 12 nitrogen and oxygen atoms in total. The zero-order valence-electron chi connectivity index (χ0n) is 23.3. The average molecular weight is 573 g/mol. The lowest BCUT2D eigenvalue weighted by Gasteiger charge is -2.24. The Kier molecular flexibility index (Phi) is 6.79. The summed E-state index contributed by atoms with van der Waals surface area (Å²) in [6, 6.07) is 6.32. The zero-order chi connectivity index (χ0) is 29.7. The lowest BCUT2D eigenvalue weighted by Crippen LogP contribution is -2.44. The lowest BCUT2D eigenvalue weighted by molar-refractivity contribution is -0.137. The van der Waals surface area contributed by atoms with E-state index < -0.39 is 24.0 Å². The zero-order valence-corrected chi connectivity index (χ0v) is 23.3. The van der Waals surface area contributed by atoms with E-state index in [9.17, 15) is 23.6 Å². The quantitative estimate of drug-likeness (QED) is 0.338.